The van der Waals surface area contributed by atoms with Crippen LogP contribution >= 0.6 is 0 Å². The lowest BCUT2D eigenvalue weighted by atomic mass is 9.85. The normalized spacial score (nSPS) is 22.1. The summed E-state index contributed by atoms with van der Waals surface area (Å²) < 4.78 is 39.4. The molecule has 2 heterocycles. The number of benzene rings is 1. The highest BCUT2D eigenvalue weighted by Crippen LogP contribution is 2.33. The fourth-order valence-electron chi connectivity index (χ4n) is 5.41. The van der Waals surface area contributed by atoms with E-state index in [1.54, 1.807) is 23.5 Å². The Kier molecular flexibility index (Phi) is 10.4. The van der Waals surface area contributed by atoms with Crippen LogP contribution in [0.3, 0.4) is 0 Å². The van der Waals surface area contributed by atoms with Gasteiger partial charge in [0.1, 0.15) is 12.1 Å². The first-order valence-corrected chi connectivity index (χ1v) is 14.3. The quantitative estimate of drug-likeness (QED) is 0.275. The summed E-state index contributed by atoms with van der Waals surface area (Å²) in [5.41, 5.74) is -1.04. The van der Waals surface area contributed by atoms with Crippen molar-refractivity contribution in [1.82, 2.24) is 20.9 Å². The fraction of sp³-hybridized carbons (Fsp3) is 0.600. The van der Waals surface area contributed by atoms with Crippen molar-refractivity contribution < 1.29 is 41.9 Å². The van der Waals surface area contributed by atoms with Crippen LogP contribution in [0.5, 0.6) is 0 Å². The first-order valence-electron chi connectivity index (χ1n) is 14.3. The summed E-state index contributed by atoms with van der Waals surface area (Å²) >= 11 is 0. The molecular weight excluding hydrogens is 569 g/mol. The second-order valence-corrected chi connectivity index (χ2v) is 12.6. The van der Waals surface area contributed by atoms with E-state index in [1.807, 2.05) is 13.8 Å². The minimum absolute atomic E-state index is 0.00905. The van der Waals surface area contributed by atoms with Crippen LogP contribution in [-0.2, 0) is 24.0 Å². The van der Waals surface area contributed by atoms with Crippen LogP contribution in [0.15, 0.2) is 30.3 Å². The minimum Gasteiger partial charge on any atom is -0.356 e. The van der Waals surface area contributed by atoms with Gasteiger partial charge in [0.25, 0.3) is 0 Å². The Bertz CT molecular complexity index is 1240. The number of carbonyl (C=O) groups excluding carboxylic acids is 6. The molecule has 5 atom stereocenters. The molecule has 2 aliphatic heterocycles. The number of hydrogen-bond donors (Lipinski definition) is 3. The highest BCUT2D eigenvalue weighted by molar-refractivity contribution is 6.45. The zero-order valence-corrected chi connectivity index (χ0v) is 24.9. The highest BCUT2D eigenvalue weighted by Gasteiger charge is 2.49. The molecule has 0 aromatic heterocycles. The van der Waals surface area contributed by atoms with E-state index in [1.165, 1.54) is 32.9 Å². The smallest absolute Gasteiger partial charge is 0.356 e. The third-order valence-corrected chi connectivity index (χ3v) is 8.08. The number of hydrogen-bond acceptors (Lipinski definition) is 6. The van der Waals surface area contributed by atoms with Gasteiger partial charge < -0.3 is 20.9 Å². The molecule has 13 heteroatoms. The first-order chi connectivity index (χ1) is 19.9. The van der Waals surface area contributed by atoms with Crippen molar-refractivity contribution in [3.8, 4) is 0 Å². The summed E-state index contributed by atoms with van der Waals surface area (Å²) in [4.78, 5) is 79.3. The molecule has 2 aliphatic rings. The molecule has 1 aromatic rings. The Morgan fingerprint density at radius 1 is 1.02 bits per heavy atom. The lowest BCUT2D eigenvalue weighted by Crippen LogP contribution is -2.60. The molecule has 2 saturated heterocycles. The average molecular weight is 609 g/mol. The van der Waals surface area contributed by atoms with Crippen LogP contribution in [0.4, 0.5) is 13.2 Å². The summed E-state index contributed by atoms with van der Waals surface area (Å²) in [5.74, 6) is -6.87. The van der Waals surface area contributed by atoms with E-state index < -0.39 is 64.9 Å². The highest BCUT2D eigenvalue weighted by atomic mass is 19.4. The van der Waals surface area contributed by atoms with Crippen molar-refractivity contribution in [2.24, 2.45) is 23.2 Å². The summed E-state index contributed by atoms with van der Waals surface area (Å²) in [6, 6.07) is 3.55. The molecule has 43 heavy (non-hydrogen) atoms. The van der Waals surface area contributed by atoms with Crippen LogP contribution in [-0.4, -0.2) is 77.5 Å². The molecule has 4 amide bonds. The minimum atomic E-state index is -5.22. The predicted octanol–water partition coefficient (Wildman–Crippen LogP) is 2.42. The number of ketones is 2. The van der Waals surface area contributed by atoms with Crippen molar-refractivity contribution in [1.29, 1.82) is 0 Å². The number of amides is 4. The topological polar surface area (TPSA) is 142 Å². The van der Waals surface area contributed by atoms with E-state index in [-0.39, 0.29) is 42.7 Å². The van der Waals surface area contributed by atoms with Crippen LogP contribution < -0.4 is 16.0 Å². The molecule has 0 aliphatic carbocycles. The van der Waals surface area contributed by atoms with Crippen LogP contribution in [0, 0.1) is 23.2 Å². The molecular formula is C30H39F3N4O6. The molecule has 3 rings (SSSR count). The lowest BCUT2D eigenvalue weighted by molar-refractivity contribution is -0.176. The number of nitrogens with zero attached hydrogens (tertiary/aromatic N) is 1. The van der Waals surface area contributed by atoms with E-state index in [4.69, 9.17) is 0 Å². The van der Waals surface area contributed by atoms with Gasteiger partial charge in [-0.2, -0.15) is 13.2 Å². The van der Waals surface area contributed by atoms with Crippen molar-refractivity contribution in [2.75, 3.05) is 13.1 Å². The van der Waals surface area contributed by atoms with E-state index >= 15 is 0 Å². The van der Waals surface area contributed by atoms with Crippen molar-refractivity contribution in [2.45, 2.75) is 78.2 Å². The summed E-state index contributed by atoms with van der Waals surface area (Å²) in [5, 5.41) is 7.05. The molecule has 0 spiro atoms. The van der Waals surface area contributed by atoms with Crippen molar-refractivity contribution >= 4 is 35.2 Å². The largest absolute Gasteiger partial charge is 0.471 e. The van der Waals surface area contributed by atoms with Crippen LogP contribution in [0.1, 0.15) is 64.2 Å². The number of rotatable bonds is 10. The Morgan fingerprint density at radius 3 is 2.16 bits per heavy atom. The number of carbonyl (C=O) groups is 6. The maximum Gasteiger partial charge on any atom is 0.471 e. The first kappa shape index (κ1) is 33.7. The molecule has 3 N–H and O–H groups in total. The van der Waals surface area contributed by atoms with E-state index in [2.05, 4.69) is 10.6 Å². The number of nitrogens with one attached hydrogen (secondary N) is 3. The Hall–Kier alpha value is -3.77. The molecule has 2 fully saturated rings. The van der Waals surface area contributed by atoms with Crippen molar-refractivity contribution in [3.63, 3.8) is 0 Å². The Morgan fingerprint density at radius 2 is 1.65 bits per heavy atom. The molecule has 236 valence electrons. The maximum absolute atomic E-state index is 13.8. The van der Waals surface area contributed by atoms with Gasteiger partial charge >= 0.3 is 12.1 Å². The third-order valence-electron chi connectivity index (χ3n) is 8.08. The monoisotopic (exact) mass is 608 g/mol. The third kappa shape index (κ3) is 8.20. The average Bonchev–Trinajstić information content (AvgIpc) is 3.56. The maximum atomic E-state index is 13.8. The van der Waals surface area contributed by atoms with Gasteiger partial charge in [-0.3, -0.25) is 28.8 Å². The second-order valence-electron chi connectivity index (χ2n) is 12.6. The predicted molar refractivity (Wildman–Crippen MR) is 149 cm³/mol. The van der Waals surface area contributed by atoms with E-state index in [0.717, 1.165) is 4.90 Å². The van der Waals surface area contributed by atoms with Gasteiger partial charge in [0.2, 0.25) is 29.3 Å². The van der Waals surface area contributed by atoms with Gasteiger partial charge in [0.15, 0.2) is 0 Å². The summed E-state index contributed by atoms with van der Waals surface area (Å²) in [6.07, 6.45) is -4.82. The summed E-state index contributed by atoms with van der Waals surface area (Å²) in [6.45, 7) is 8.66. The van der Waals surface area contributed by atoms with Gasteiger partial charge in [-0.05, 0) is 36.5 Å². The van der Waals surface area contributed by atoms with E-state index in [0.29, 0.717) is 13.0 Å². The zero-order chi connectivity index (χ0) is 32.3. The van der Waals surface area contributed by atoms with Crippen molar-refractivity contribution in [3.05, 3.63) is 35.9 Å². The lowest BCUT2D eigenvalue weighted by Gasteiger charge is -2.36. The Balaban J connectivity index is 1.91. The standard InChI is InChI=1S/C30H39F3N4O6/c1-16(2)19-14-21(37(15-19)27(42)24(29(3,4)5)36-28(43)30(31,32)33)26(41)35-20(13-18-11-12-34-25(18)40)23(39)22(38)17-9-7-6-8-10-17/h6-10,16,18-21,24H,11-15H2,1-5H3,(H,34,40)(H,35,41)(H,36,43)/t18?,19-,20?,21?,24-/m1/s1. The van der Waals surface area contributed by atoms with Crippen LogP contribution in [0.2, 0.25) is 0 Å². The fourth-order valence-corrected chi connectivity index (χ4v) is 5.41. The SMILES string of the molecule is CC(C)[C@@H]1CC(C(=O)NC(CC2CCNC2=O)C(=O)C(=O)c2ccccc2)N(C(=O)[C@@H](NC(=O)C(F)(F)F)C(C)(C)C)C1. The molecule has 0 bridgehead atoms. The van der Waals surface area contributed by atoms with Gasteiger partial charge in [0.05, 0.1) is 6.04 Å². The number of alkyl halides is 3. The van der Waals surface area contributed by atoms with E-state index in [9.17, 15) is 41.9 Å². The van der Waals surface area contributed by atoms with Gasteiger partial charge in [-0.15, -0.1) is 0 Å². The summed E-state index contributed by atoms with van der Waals surface area (Å²) in [7, 11) is 0. The van der Waals surface area contributed by atoms with Gasteiger partial charge in [0, 0.05) is 24.6 Å². The molecule has 0 radical (unpaired) electrons. The Labute approximate surface area is 248 Å². The molecule has 1 aromatic carbocycles. The number of likely N-dealkylation sites (tertiary alicyclic amines) is 1. The van der Waals surface area contributed by atoms with Gasteiger partial charge in [-0.1, -0.05) is 65.0 Å². The van der Waals surface area contributed by atoms with Gasteiger partial charge in [-0.25, -0.2) is 0 Å². The molecule has 10 nitrogen and oxygen atoms in total. The molecule has 3 unspecified atom stereocenters. The number of Topliss-reactive ketones (excluding diaryl/α,β-unsaturated/α-hetero) is 2. The second kappa shape index (κ2) is 13.3. The molecule has 0 saturated carbocycles. The zero-order valence-electron chi connectivity index (χ0n) is 24.9. The number of halogens is 3. The van der Waals surface area contributed by atoms with Crippen LogP contribution in [0.25, 0.3) is 0 Å².